The van der Waals surface area contributed by atoms with E-state index in [4.69, 9.17) is 19.4 Å². The van der Waals surface area contributed by atoms with E-state index in [9.17, 15) is 28.2 Å². The summed E-state index contributed by atoms with van der Waals surface area (Å²) in [5.74, 6) is -0.302. The van der Waals surface area contributed by atoms with Crippen LogP contribution >= 0.6 is 23.5 Å². The molecule has 19 heteroatoms. The predicted octanol–water partition coefficient (Wildman–Crippen LogP) is 0.352. The van der Waals surface area contributed by atoms with Gasteiger partial charge in [-0.2, -0.15) is 13.6 Å². The SMILES string of the molecule is C[C@H]1C[C@@H](COP(=O)(O)OP(=O)(O)OP(=O)(O)O)OC1n1cc2ccc(=O)[nH]c2nc1=O. The van der Waals surface area contributed by atoms with E-state index in [1.54, 1.807) is 6.92 Å². The molecule has 0 aliphatic carbocycles. The lowest BCUT2D eigenvalue weighted by molar-refractivity contribution is -0.0329. The van der Waals surface area contributed by atoms with Gasteiger partial charge in [0, 0.05) is 23.6 Å². The first-order valence-corrected chi connectivity index (χ1v) is 13.2. The van der Waals surface area contributed by atoms with Gasteiger partial charge in [-0.05, 0) is 12.5 Å². The summed E-state index contributed by atoms with van der Waals surface area (Å²) in [6, 6.07) is 2.72. The zero-order chi connectivity index (χ0) is 23.9. The molecular weight excluding hydrogens is 499 g/mol. The van der Waals surface area contributed by atoms with Crippen LogP contribution in [0, 0.1) is 5.92 Å². The highest BCUT2D eigenvalue weighted by Gasteiger charge is 2.42. The Labute approximate surface area is 178 Å². The average Bonchev–Trinajstić information content (AvgIpc) is 2.97. The lowest BCUT2D eigenvalue weighted by Gasteiger charge is -2.19. The van der Waals surface area contributed by atoms with Crippen molar-refractivity contribution < 1.29 is 51.2 Å². The largest absolute Gasteiger partial charge is 0.490 e. The summed E-state index contributed by atoms with van der Waals surface area (Å²) in [6.07, 6.45) is -0.0536. The minimum Gasteiger partial charge on any atom is -0.352 e. The zero-order valence-electron chi connectivity index (χ0n) is 16.1. The van der Waals surface area contributed by atoms with E-state index in [1.807, 2.05) is 0 Å². The van der Waals surface area contributed by atoms with Crippen molar-refractivity contribution in [1.29, 1.82) is 0 Å². The van der Waals surface area contributed by atoms with E-state index in [2.05, 4.69) is 23.1 Å². The molecule has 2 aromatic rings. The van der Waals surface area contributed by atoms with Crippen molar-refractivity contribution in [3.05, 3.63) is 39.2 Å². The number of aromatic nitrogens is 3. The second-order valence-corrected chi connectivity index (χ2v) is 11.2. The molecule has 0 spiro atoms. The van der Waals surface area contributed by atoms with Crippen molar-refractivity contribution in [2.24, 2.45) is 5.92 Å². The standard InChI is InChI=1S/C13H18N3O13P3/c1-7-4-9(6-26-31(22,23)29-32(24,25)28-30(19,20)21)27-12(7)16-5-8-2-3-10(17)14-11(8)15-13(16)18/h2-3,5,7,9,12H,4,6H2,1H3,(H,22,23)(H,24,25)(H2,19,20,21)(H,14,15,17,18)/t7-,9-,12?/m0/s1. The Bertz CT molecular complexity index is 1270. The molecule has 0 saturated carbocycles. The van der Waals surface area contributed by atoms with Crippen LogP contribution in [0.25, 0.3) is 11.0 Å². The van der Waals surface area contributed by atoms with Gasteiger partial charge in [0.25, 0.3) is 0 Å². The van der Waals surface area contributed by atoms with Crippen molar-refractivity contribution in [3.63, 3.8) is 0 Å². The van der Waals surface area contributed by atoms with E-state index in [0.29, 0.717) is 5.39 Å². The normalized spacial score (nSPS) is 25.5. The van der Waals surface area contributed by atoms with Crippen LogP contribution in [0.3, 0.4) is 0 Å². The zero-order valence-corrected chi connectivity index (χ0v) is 18.8. The van der Waals surface area contributed by atoms with Crippen molar-refractivity contribution in [2.75, 3.05) is 6.61 Å². The third kappa shape index (κ3) is 6.50. The highest BCUT2D eigenvalue weighted by molar-refractivity contribution is 7.66. The molecule has 1 aliphatic rings. The summed E-state index contributed by atoms with van der Waals surface area (Å²) in [6.45, 7) is 1.09. The van der Waals surface area contributed by atoms with Crippen molar-refractivity contribution in [2.45, 2.75) is 25.7 Å². The van der Waals surface area contributed by atoms with E-state index in [1.165, 1.54) is 22.9 Å². The molecule has 3 heterocycles. The van der Waals surface area contributed by atoms with Gasteiger partial charge in [0.1, 0.15) is 11.9 Å². The van der Waals surface area contributed by atoms with Gasteiger partial charge in [-0.25, -0.2) is 18.5 Å². The van der Waals surface area contributed by atoms with Gasteiger partial charge in [-0.15, -0.1) is 0 Å². The number of nitrogens with one attached hydrogen (secondary N) is 1. The van der Waals surface area contributed by atoms with Gasteiger partial charge < -0.3 is 29.3 Å². The molecule has 16 nitrogen and oxygen atoms in total. The van der Waals surface area contributed by atoms with E-state index < -0.39 is 53.7 Å². The Morgan fingerprint density at radius 1 is 1.16 bits per heavy atom. The van der Waals surface area contributed by atoms with Crippen LogP contribution in [0.15, 0.2) is 27.9 Å². The summed E-state index contributed by atoms with van der Waals surface area (Å²) >= 11 is 0. The van der Waals surface area contributed by atoms with Crippen LogP contribution in [-0.4, -0.2) is 46.8 Å². The number of nitrogens with zero attached hydrogens (tertiary/aromatic N) is 2. The Morgan fingerprint density at radius 2 is 1.84 bits per heavy atom. The lowest BCUT2D eigenvalue weighted by atomic mass is 10.1. The van der Waals surface area contributed by atoms with Gasteiger partial charge >= 0.3 is 29.2 Å². The summed E-state index contributed by atoms with van der Waals surface area (Å²) in [7, 11) is -16.4. The summed E-state index contributed by atoms with van der Waals surface area (Å²) in [5, 5.41) is 0.455. The molecule has 178 valence electrons. The third-order valence-electron chi connectivity index (χ3n) is 4.20. The first-order valence-electron chi connectivity index (χ1n) is 8.70. The number of hydrogen-bond acceptors (Lipinski definition) is 10. The Hall–Kier alpha value is -1.54. The quantitative estimate of drug-likeness (QED) is 0.297. The number of phosphoric ester groups is 1. The fourth-order valence-corrected chi connectivity index (χ4v) is 6.11. The maximum Gasteiger partial charge on any atom is 0.490 e. The second-order valence-electron chi connectivity index (χ2n) is 6.81. The maximum atomic E-state index is 12.3. The lowest BCUT2D eigenvalue weighted by Crippen LogP contribution is -2.30. The number of ether oxygens (including phenoxy) is 1. The molecule has 0 amide bonds. The van der Waals surface area contributed by atoms with Gasteiger partial charge in [0.2, 0.25) is 5.56 Å². The number of H-pyrrole nitrogens is 1. The molecule has 5 N–H and O–H groups in total. The molecule has 1 fully saturated rings. The molecule has 0 aromatic carbocycles. The van der Waals surface area contributed by atoms with E-state index in [-0.39, 0.29) is 18.0 Å². The maximum absolute atomic E-state index is 12.3. The summed E-state index contributed by atoms with van der Waals surface area (Å²) < 4.78 is 52.5. The Kier molecular flexibility index (Phi) is 7.06. The first kappa shape index (κ1) is 25.1. The highest BCUT2D eigenvalue weighted by Crippen LogP contribution is 2.66. The molecule has 3 rings (SSSR count). The molecule has 3 unspecified atom stereocenters. The van der Waals surface area contributed by atoms with E-state index in [0.717, 1.165) is 0 Å². The van der Waals surface area contributed by atoms with Crippen LogP contribution in [-0.2, 0) is 31.6 Å². The number of pyridine rings is 1. The number of phosphoric acid groups is 3. The van der Waals surface area contributed by atoms with Crippen molar-refractivity contribution >= 4 is 34.5 Å². The number of aromatic amines is 1. The Balaban J connectivity index is 1.68. The summed E-state index contributed by atoms with van der Waals surface area (Å²) in [5.41, 5.74) is -1.06. The minimum absolute atomic E-state index is 0.0913. The molecular formula is C13H18N3O13P3. The molecule has 5 atom stereocenters. The number of rotatable bonds is 8. The van der Waals surface area contributed by atoms with Crippen molar-refractivity contribution in [3.8, 4) is 0 Å². The fraction of sp³-hybridized carbons (Fsp3) is 0.462. The smallest absolute Gasteiger partial charge is 0.352 e. The molecule has 0 radical (unpaired) electrons. The van der Waals surface area contributed by atoms with Crippen LogP contribution < -0.4 is 11.2 Å². The fourth-order valence-electron chi connectivity index (χ4n) is 3.06. The van der Waals surface area contributed by atoms with E-state index >= 15 is 0 Å². The van der Waals surface area contributed by atoms with Gasteiger partial charge in [-0.3, -0.25) is 13.9 Å². The predicted molar refractivity (Wildman–Crippen MR) is 104 cm³/mol. The van der Waals surface area contributed by atoms with Crippen molar-refractivity contribution in [1.82, 2.24) is 14.5 Å². The molecule has 0 bridgehead atoms. The second kappa shape index (κ2) is 9.01. The molecule has 1 saturated heterocycles. The number of hydrogen-bond donors (Lipinski definition) is 5. The van der Waals surface area contributed by atoms with Crippen LogP contribution in [0.4, 0.5) is 0 Å². The Morgan fingerprint density at radius 3 is 2.50 bits per heavy atom. The van der Waals surface area contributed by atoms with Gasteiger partial charge in [0.15, 0.2) is 0 Å². The third-order valence-corrected chi connectivity index (χ3v) is 8.01. The van der Waals surface area contributed by atoms with Gasteiger partial charge in [0.05, 0.1) is 12.7 Å². The molecule has 32 heavy (non-hydrogen) atoms. The van der Waals surface area contributed by atoms with Crippen LogP contribution in [0.1, 0.15) is 19.6 Å². The topological polar surface area (TPSA) is 237 Å². The number of fused-ring (bicyclic) bond motifs is 1. The highest BCUT2D eigenvalue weighted by atomic mass is 31.3. The monoisotopic (exact) mass is 517 g/mol. The first-order chi connectivity index (χ1) is 14.6. The molecule has 1 aliphatic heterocycles. The summed E-state index contributed by atoms with van der Waals surface area (Å²) in [4.78, 5) is 65.6. The van der Waals surface area contributed by atoms with Crippen LogP contribution in [0.2, 0.25) is 0 Å². The van der Waals surface area contributed by atoms with Gasteiger partial charge in [-0.1, -0.05) is 6.92 Å². The van der Waals surface area contributed by atoms with Crippen LogP contribution in [0.5, 0.6) is 0 Å². The molecule has 2 aromatic heterocycles. The average molecular weight is 517 g/mol. The minimum atomic E-state index is -5.62.